The van der Waals surface area contributed by atoms with Gasteiger partial charge in [-0.25, -0.2) is 9.18 Å². The summed E-state index contributed by atoms with van der Waals surface area (Å²) in [5.74, 6) is -3.91. The SMILES string of the molecule is C[C@H](c1ccc(-c2ccc(F)c(C(=O)O)c2)cc1Cl)[C@@](O)(c1cnc2ccccc2c1)C(F)(F)F. The van der Waals surface area contributed by atoms with E-state index < -0.39 is 40.6 Å². The normalized spacial score (nSPS) is 14.5. The maximum absolute atomic E-state index is 14.3. The lowest BCUT2D eigenvalue weighted by Crippen LogP contribution is -2.46. The number of aromatic carboxylic acids is 1. The van der Waals surface area contributed by atoms with Crippen LogP contribution < -0.4 is 0 Å². The number of nitrogens with zero attached hydrogens (tertiary/aromatic N) is 1. The van der Waals surface area contributed by atoms with E-state index in [0.29, 0.717) is 22.0 Å². The quantitative estimate of drug-likeness (QED) is 0.289. The molecule has 0 spiro atoms. The number of para-hydroxylation sites is 1. The molecule has 3 aromatic carbocycles. The van der Waals surface area contributed by atoms with Crippen LogP contribution in [0.5, 0.6) is 0 Å². The number of aromatic nitrogens is 1. The molecule has 4 nitrogen and oxygen atoms in total. The summed E-state index contributed by atoms with van der Waals surface area (Å²) in [5, 5.41) is 20.6. The van der Waals surface area contributed by atoms with Crippen molar-refractivity contribution in [1.82, 2.24) is 4.98 Å². The number of carbonyl (C=O) groups is 1. The standard InChI is InChI=1S/C26H18ClF4NO3/c1-14(25(35,26(29,30)31)18-10-17-4-2-3-5-23(17)32-13-18)19-8-6-16(12-21(19)27)15-7-9-22(28)20(11-15)24(33)34/h2-14,35H,1H3,(H,33,34)/t14-,25-/m1/s1. The van der Waals surface area contributed by atoms with Gasteiger partial charge in [-0.05, 0) is 47.0 Å². The number of carboxylic acids is 1. The highest BCUT2D eigenvalue weighted by molar-refractivity contribution is 6.31. The van der Waals surface area contributed by atoms with Crippen LogP contribution >= 0.6 is 11.6 Å². The Balaban J connectivity index is 1.79. The zero-order valence-corrected chi connectivity index (χ0v) is 18.9. The van der Waals surface area contributed by atoms with Gasteiger partial charge in [0.05, 0.1) is 11.1 Å². The van der Waals surface area contributed by atoms with Gasteiger partial charge in [-0.3, -0.25) is 4.98 Å². The van der Waals surface area contributed by atoms with E-state index in [9.17, 15) is 27.5 Å². The number of rotatable bonds is 5. The van der Waals surface area contributed by atoms with Crippen molar-refractivity contribution < 1.29 is 32.6 Å². The van der Waals surface area contributed by atoms with E-state index in [2.05, 4.69) is 4.98 Å². The highest BCUT2D eigenvalue weighted by Crippen LogP contribution is 2.50. The number of fused-ring (bicyclic) bond motifs is 1. The Kier molecular flexibility index (Phi) is 6.29. The summed E-state index contributed by atoms with van der Waals surface area (Å²) in [4.78, 5) is 15.3. The fourth-order valence-corrected chi connectivity index (χ4v) is 4.43. The van der Waals surface area contributed by atoms with Crippen LogP contribution in [-0.4, -0.2) is 27.3 Å². The van der Waals surface area contributed by atoms with E-state index in [4.69, 9.17) is 16.7 Å². The predicted octanol–water partition coefficient (Wildman–Crippen LogP) is 6.95. The predicted molar refractivity (Wildman–Crippen MR) is 124 cm³/mol. The largest absolute Gasteiger partial charge is 0.478 e. The molecule has 0 saturated carbocycles. The second kappa shape index (κ2) is 8.94. The fourth-order valence-electron chi connectivity index (χ4n) is 4.09. The molecule has 4 rings (SSSR count). The highest BCUT2D eigenvalue weighted by atomic mass is 35.5. The third-order valence-electron chi connectivity index (χ3n) is 6.09. The number of carboxylic acid groups (broad SMARTS) is 1. The van der Waals surface area contributed by atoms with Gasteiger partial charge in [-0.15, -0.1) is 0 Å². The Morgan fingerprint density at radius 3 is 2.31 bits per heavy atom. The van der Waals surface area contributed by atoms with Crippen LogP contribution in [0.3, 0.4) is 0 Å². The first-order valence-electron chi connectivity index (χ1n) is 10.4. The molecule has 35 heavy (non-hydrogen) atoms. The molecule has 0 bridgehead atoms. The molecular weight excluding hydrogens is 486 g/mol. The lowest BCUT2D eigenvalue weighted by Gasteiger charge is -2.37. The van der Waals surface area contributed by atoms with E-state index in [1.165, 1.54) is 37.3 Å². The van der Waals surface area contributed by atoms with Gasteiger partial charge in [0.15, 0.2) is 5.60 Å². The number of hydrogen-bond donors (Lipinski definition) is 2. The molecule has 180 valence electrons. The Hall–Kier alpha value is -3.49. The van der Waals surface area contributed by atoms with E-state index >= 15 is 0 Å². The third kappa shape index (κ3) is 4.35. The summed E-state index contributed by atoms with van der Waals surface area (Å²) in [5.41, 5.74) is -3.10. The first-order valence-corrected chi connectivity index (χ1v) is 10.8. The Labute approximate surface area is 202 Å². The van der Waals surface area contributed by atoms with Gasteiger partial charge in [-0.2, -0.15) is 13.2 Å². The van der Waals surface area contributed by atoms with Gasteiger partial charge in [0.1, 0.15) is 5.82 Å². The minimum absolute atomic E-state index is 0.0176. The van der Waals surface area contributed by atoms with Crippen LogP contribution in [0.15, 0.2) is 72.9 Å². The van der Waals surface area contributed by atoms with Gasteiger partial charge in [0.25, 0.3) is 0 Å². The van der Waals surface area contributed by atoms with Crippen LogP contribution in [0.25, 0.3) is 22.0 Å². The van der Waals surface area contributed by atoms with Gasteiger partial charge < -0.3 is 10.2 Å². The van der Waals surface area contributed by atoms with E-state index in [0.717, 1.165) is 18.3 Å². The Bertz CT molecular complexity index is 1440. The molecule has 1 aromatic heterocycles. The number of benzene rings is 3. The molecule has 0 amide bonds. The molecule has 4 aromatic rings. The van der Waals surface area contributed by atoms with E-state index in [1.54, 1.807) is 24.3 Å². The summed E-state index contributed by atoms with van der Waals surface area (Å²) in [6, 6.07) is 15.4. The lowest BCUT2D eigenvalue weighted by atomic mass is 9.77. The van der Waals surface area contributed by atoms with Gasteiger partial charge in [0.2, 0.25) is 0 Å². The molecule has 2 N–H and O–H groups in total. The first kappa shape index (κ1) is 24.6. The number of halogens is 5. The Morgan fingerprint density at radius 1 is 1.00 bits per heavy atom. The third-order valence-corrected chi connectivity index (χ3v) is 6.41. The zero-order chi connectivity index (χ0) is 25.5. The van der Waals surface area contributed by atoms with Crippen LogP contribution in [0.1, 0.15) is 34.3 Å². The maximum atomic E-state index is 14.3. The maximum Gasteiger partial charge on any atom is 0.422 e. The van der Waals surface area contributed by atoms with Crippen LogP contribution in [0, 0.1) is 5.82 Å². The van der Waals surface area contributed by atoms with Crippen molar-refractivity contribution in [1.29, 1.82) is 0 Å². The Morgan fingerprint density at radius 2 is 1.66 bits per heavy atom. The minimum atomic E-state index is -5.06. The average molecular weight is 504 g/mol. The van der Waals surface area contributed by atoms with Crippen LogP contribution in [0.2, 0.25) is 5.02 Å². The van der Waals surface area contributed by atoms with Crippen molar-refractivity contribution in [3.63, 3.8) is 0 Å². The smallest absolute Gasteiger partial charge is 0.422 e. The molecule has 0 fully saturated rings. The molecule has 0 saturated heterocycles. The minimum Gasteiger partial charge on any atom is -0.478 e. The second-order valence-electron chi connectivity index (χ2n) is 8.14. The molecule has 0 radical (unpaired) electrons. The van der Waals surface area contributed by atoms with Gasteiger partial charge in [0, 0.05) is 28.1 Å². The number of pyridine rings is 1. The zero-order valence-electron chi connectivity index (χ0n) is 18.1. The van der Waals surface area contributed by atoms with Crippen molar-refractivity contribution >= 4 is 28.5 Å². The first-order chi connectivity index (χ1) is 16.4. The highest BCUT2D eigenvalue weighted by Gasteiger charge is 2.59. The van der Waals surface area contributed by atoms with Crippen molar-refractivity contribution in [3.8, 4) is 11.1 Å². The molecular formula is C26H18ClF4NO3. The van der Waals surface area contributed by atoms with E-state index in [-0.39, 0.29) is 10.6 Å². The molecule has 2 atom stereocenters. The number of hydrogen-bond acceptors (Lipinski definition) is 3. The lowest BCUT2D eigenvalue weighted by molar-refractivity contribution is -0.274. The summed E-state index contributed by atoms with van der Waals surface area (Å²) >= 11 is 6.36. The monoisotopic (exact) mass is 503 g/mol. The topological polar surface area (TPSA) is 70.4 Å². The van der Waals surface area contributed by atoms with Crippen molar-refractivity contribution in [2.45, 2.75) is 24.6 Å². The van der Waals surface area contributed by atoms with Crippen LogP contribution in [-0.2, 0) is 5.60 Å². The second-order valence-corrected chi connectivity index (χ2v) is 8.55. The molecule has 1 heterocycles. The molecule has 9 heteroatoms. The van der Waals surface area contributed by atoms with Crippen molar-refractivity contribution in [3.05, 3.63) is 100 Å². The molecule has 0 aliphatic carbocycles. The molecule has 0 aliphatic rings. The summed E-state index contributed by atoms with van der Waals surface area (Å²) in [6.45, 7) is 1.21. The molecule has 0 unspecified atom stereocenters. The summed E-state index contributed by atoms with van der Waals surface area (Å²) in [6.07, 6.45) is -4.06. The fraction of sp³-hybridized carbons (Fsp3) is 0.154. The van der Waals surface area contributed by atoms with Crippen molar-refractivity contribution in [2.24, 2.45) is 0 Å². The summed E-state index contributed by atoms with van der Waals surface area (Å²) < 4.78 is 56.8. The van der Waals surface area contributed by atoms with Gasteiger partial charge >= 0.3 is 12.1 Å². The average Bonchev–Trinajstić information content (AvgIpc) is 2.82. The number of alkyl halides is 3. The molecule has 0 aliphatic heterocycles. The summed E-state index contributed by atoms with van der Waals surface area (Å²) in [7, 11) is 0. The van der Waals surface area contributed by atoms with Crippen molar-refractivity contribution in [2.75, 3.05) is 0 Å². The number of aliphatic hydroxyl groups is 1. The van der Waals surface area contributed by atoms with Gasteiger partial charge in [-0.1, -0.05) is 54.9 Å². The van der Waals surface area contributed by atoms with Crippen LogP contribution in [0.4, 0.5) is 17.6 Å². The van der Waals surface area contributed by atoms with E-state index in [1.807, 2.05) is 0 Å².